The lowest BCUT2D eigenvalue weighted by Gasteiger charge is -2.14. The first-order chi connectivity index (χ1) is 9.47. The minimum absolute atomic E-state index is 0.246. The lowest BCUT2D eigenvalue weighted by Crippen LogP contribution is -2.20. The number of thiocarbonyl (C=S) groups is 1. The first-order valence-corrected chi connectivity index (χ1v) is 6.78. The summed E-state index contributed by atoms with van der Waals surface area (Å²) in [6, 6.07) is 11.0. The van der Waals surface area contributed by atoms with Gasteiger partial charge in [-0.05, 0) is 62.3 Å². The van der Waals surface area contributed by atoms with E-state index < -0.39 is 0 Å². The highest BCUT2D eigenvalue weighted by atomic mass is 32.1. The van der Waals surface area contributed by atoms with E-state index in [0.717, 1.165) is 16.8 Å². The highest BCUT2D eigenvalue weighted by molar-refractivity contribution is 7.80. The fourth-order valence-corrected chi connectivity index (χ4v) is 2.11. The molecular weight excluding hydrogens is 271 g/mol. The van der Waals surface area contributed by atoms with E-state index in [1.54, 1.807) is 19.1 Å². The summed E-state index contributed by atoms with van der Waals surface area (Å²) >= 11 is 5.28. The van der Waals surface area contributed by atoms with Crippen molar-refractivity contribution in [1.82, 2.24) is 0 Å². The van der Waals surface area contributed by atoms with Crippen LogP contribution in [0.25, 0.3) is 0 Å². The molecule has 0 spiro atoms. The second-order valence-electron chi connectivity index (χ2n) is 4.81. The maximum Gasteiger partial charge on any atom is 0.175 e. The molecule has 2 nitrogen and oxygen atoms in total. The van der Waals surface area contributed by atoms with Gasteiger partial charge in [-0.3, -0.25) is 0 Å². The molecule has 2 N–H and O–H groups in total. The number of nitrogens with one attached hydrogen (secondary N) is 2. The van der Waals surface area contributed by atoms with Crippen LogP contribution in [0, 0.1) is 26.6 Å². The summed E-state index contributed by atoms with van der Waals surface area (Å²) in [5.74, 6) is -0.246. The third-order valence-corrected chi connectivity index (χ3v) is 3.36. The molecule has 2 aromatic rings. The van der Waals surface area contributed by atoms with E-state index in [0.29, 0.717) is 16.4 Å². The Hall–Kier alpha value is -1.94. The zero-order valence-corrected chi connectivity index (χ0v) is 12.6. The highest BCUT2D eigenvalue weighted by Crippen LogP contribution is 2.19. The molecule has 0 aliphatic carbocycles. The van der Waals surface area contributed by atoms with E-state index in [1.165, 1.54) is 6.07 Å². The lowest BCUT2D eigenvalue weighted by molar-refractivity contribution is 0.619. The van der Waals surface area contributed by atoms with Crippen molar-refractivity contribution in [2.24, 2.45) is 0 Å². The molecule has 0 aromatic heterocycles. The van der Waals surface area contributed by atoms with Crippen LogP contribution in [0.4, 0.5) is 15.8 Å². The van der Waals surface area contributed by atoms with E-state index in [9.17, 15) is 4.39 Å². The molecular formula is C16H17FN2S. The lowest BCUT2D eigenvalue weighted by atomic mass is 10.1. The quantitative estimate of drug-likeness (QED) is 0.792. The standard InChI is InChI=1S/C16H17FN2S/c1-10-7-8-11(2)15(9-10)19-16(20)18-14-6-4-5-13(17)12(14)3/h4-9H,1-3H3,(H2,18,19,20). The van der Waals surface area contributed by atoms with Gasteiger partial charge in [-0.1, -0.05) is 18.2 Å². The molecule has 0 radical (unpaired) electrons. The monoisotopic (exact) mass is 288 g/mol. The third kappa shape index (κ3) is 3.33. The zero-order chi connectivity index (χ0) is 14.7. The molecule has 2 rings (SSSR count). The summed E-state index contributed by atoms with van der Waals surface area (Å²) in [5, 5.41) is 6.62. The van der Waals surface area contributed by atoms with Crippen LogP contribution in [0.15, 0.2) is 36.4 Å². The predicted molar refractivity (Wildman–Crippen MR) is 86.9 cm³/mol. The average molecular weight is 288 g/mol. The first kappa shape index (κ1) is 14.5. The fourth-order valence-electron chi connectivity index (χ4n) is 1.89. The maximum absolute atomic E-state index is 13.5. The van der Waals surface area contributed by atoms with Crippen molar-refractivity contribution >= 4 is 28.7 Å². The minimum atomic E-state index is -0.246. The SMILES string of the molecule is Cc1ccc(C)c(NC(=S)Nc2cccc(F)c2C)c1. The number of hydrogen-bond acceptors (Lipinski definition) is 1. The normalized spacial score (nSPS) is 10.2. The Bertz CT molecular complexity index is 647. The predicted octanol–water partition coefficient (Wildman–Crippen LogP) is 4.56. The van der Waals surface area contributed by atoms with Crippen LogP contribution >= 0.6 is 12.2 Å². The Morgan fingerprint density at radius 1 is 1.00 bits per heavy atom. The van der Waals surface area contributed by atoms with Crippen LogP contribution in [-0.4, -0.2) is 5.11 Å². The van der Waals surface area contributed by atoms with E-state index >= 15 is 0 Å². The topological polar surface area (TPSA) is 24.1 Å². The van der Waals surface area contributed by atoms with Crippen molar-refractivity contribution in [3.8, 4) is 0 Å². The molecule has 4 heteroatoms. The third-order valence-electron chi connectivity index (χ3n) is 3.16. The molecule has 20 heavy (non-hydrogen) atoms. The van der Waals surface area contributed by atoms with Crippen molar-refractivity contribution in [2.45, 2.75) is 20.8 Å². The van der Waals surface area contributed by atoms with Gasteiger partial charge in [-0.15, -0.1) is 0 Å². The first-order valence-electron chi connectivity index (χ1n) is 6.38. The van der Waals surface area contributed by atoms with Gasteiger partial charge in [0.25, 0.3) is 0 Å². The summed E-state index contributed by atoms with van der Waals surface area (Å²) < 4.78 is 13.5. The maximum atomic E-state index is 13.5. The molecule has 0 atom stereocenters. The van der Waals surface area contributed by atoms with E-state index in [2.05, 4.69) is 10.6 Å². The van der Waals surface area contributed by atoms with Crippen molar-refractivity contribution < 1.29 is 4.39 Å². The molecule has 0 heterocycles. The summed E-state index contributed by atoms with van der Waals surface area (Å²) in [6.07, 6.45) is 0. The second-order valence-corrected chi connectivity index (χ2v) is 5.22. The molecule has 2 aromatic carbocycles. The zero-order valence-electron chi connectivity index (χ0n) is 11.8. The second kappa shape index (κ2) is 6.01. The Balaban J connectivity index is 2.13. The summed E-state index contributed by atoms with van der Waals surface area (Å²) in [4.78, 5) is 0. The number of halogens is 1. The van der Waals surface area contributed by atoms with Gasteiger partial charge in [-0.2, -0.15) is 0 Å². The number of aryl methyl sites for hydroxylation is 2. The Labute approximate surface area is 124 Å². The summed E-state index contributed by atoms with van der Waals surface area (Å²) in [7, 11) is 0. The molecule has 0 amide bonds. The molecule has 0 aliphatic heterocycles. The van der Waals surface area contributed by atoms with Gasteiger partial charge in [0, 0.05) is 16.9 Å². The number of benzene rings is 2. The minimum Gasteiger partial charge on any atom is -0.332 e. The molecule has 0 saturated carbocycles. The largest absolute Gasteiger partial charge is 0.332 e. The van der Waals surface area contributed by atoms with Crippen molar-refractivity contribution in [2.75, 3.05) is 10.6 Å². The van der Waals surface area contributed by atoms with Gasteiger partial charge >= 0.3 is 0 Å². The number of anilines is 2. The van der Waals surface area contributed by atoms with Gasteiger partial charge in [0.1, 0.15) is 5.82 Å². The Kier molecular flexibility index (Phi) is 4.35. The van der Waals surface area contributed by atoms with E-state index in [4.69, 9.17) is 12.2 Å². The summed E-state index contributed by atoms with van der Waals surface area (Å²) in [5.41, 5.74) is 4.44. The molecule has 0 unspecified atom stereocenters. The Morgan fingerprint density at radius 2 is 1.70 bits per heavy atom. The van der Waals surface area contributed by atoms with E-state index in [1.807, 2.05) is 32.0 Å². The number of rotatable bonds is 2. The van der Waals surface area contributed by atoms with Gasteiger partial charge in [-0.25, -0.2) is 4.39 Å². The van der Waals surface area contributed by atoms with Crippen LogP contribution < -0.4 is 10.6 Å². The number of hydrogen-bond donors (Lipinski definition) is 2. The molecule has 0 bridgehead atoms. The van der Waals surface area contributed by atoms with Gasteiger partial charge in [0.15, 0.2) is 5.11 Å². The van der Waals surface area contributed by atoms with Gasteiger partial charge < -0.3 is 10.6 Å². The average Bonchev–Trinajstić information content (AvgIpc) is 2.39. The van der Waals surface area contributed by atoms with Crippen LogP contribution in [0.3, 0.4) is 0 Å². The van der Waals surface area contributed by atoms with E-state index in [-0.39, 0.29) is 5.82 Å². The van der Waals surface area contributed by atoms with Gasteiger partial charge in [0.05, 0.1) is 0 Å². The van der Waals surface area contributed by atoms with Crippen molar-refractivity contribution in [3.63, 3.8) is 0 Å². The van der Waals surface area contributed by atoms with Crippen molar-refractivity contribution in [3.05, 3.63) is 58.9 Å². The highest BCUT2D eigenvalue weighted by Gasteiger charge is 2.06. The molecule has 0 fully saturated rings. The van der Waals surface area contributed by atoms with Crippen LogP contribution in [0.1, 0.15) is 16.7 Å². The fraction of sp³-hybridized carbons (Fsp3) is 0.188. The van der Waals surface area contributed by atoms with Crippen LogP contribution in [0.5, 0.6) is 0 Å². The summed E-state index contributed by atoms with van der Waals surface area (Å²) in [6.45, 7) is 5.76. The van der Waals surface area contributed by atoms with Gasteiger partial charge in [0.2, 0.25) is 0 Å². The molecule has 104 valence electrons. The van der Waals surface area contributed by atoms with Crippen molar-refractivity contribution in [1.29, 1.82) is 0 Å². The Morgan fingerprint density at radius 3 is 2.45 bits per heavy atom. The molecule has 0 saturated heterocycles. The smallest absolute Gasteiger partial charge is 0.175 e. The van der Waals surface area contributed by atoms with Crippen LogP contribution in [-0.2, 0) is 0 Å². The molecule has 0 aliphatic rings. The van der Waals surface area contributed by atoms with Crippen LogP contribution in [0.2, 0.25) is 0 Å².